The number of nitrogens with zero attached hydrogens (tertiary/aromatic N) is 2. The number of rotatable bonds is 3. The average Bonchev–Trinajstić information content (AvgIpc) is 2.99. The molecule has 0 atom stereocenters. The fourth-order valence-corrected chi connectivity index (χ4v) is 4.58. The molecule has 1 aliphatic carbocycles. The van der Waals surface area contributed by atoms with Crippen molar-refractivity contribution < 1.29 is 18.7 Å². The van der Waals surface area contributed by atoms with Crippen molar-refractivity contribution in [2.75, 3.05) is 28.6 Å². The Labute approximate surface area is 171 Å². The molecule has 0 unspecified atom stereocenters. The fourth-order valence-electron chi connectivity index (χ4n) is 4.58. The van der Waals surface area contributed by atoms with Gasteiger partial charge in [0.2, 0.25) is 0 Å². The van der Waals surface area contributed by atoms with E-state index in [9.17, 15) is 18.7 Å². The molecule has 156 valence electrons. The normalized spacial score (nSPS) is 17.7. The van der Waals surface area contributed by atoms with Gasteiger partial charge in [0.25, 0.3) is 0 Å². The number of halogens is 2. The maximum atomic E-state index is 13.5. The minimum atomic E-state index is -0.981. The number of urea groups is 1. The second-order valence-corrected chi connectivity index (χ2v) is 8.38. The van der Waals surface area contributed by atoms with Gasteiger partial charge in [-0.05, 0) is 37.5 Å². The molecule has 5 rings (SSSR count). The third-order valence-corrected chi connectivity index (χ3v) is 5.97. The van der Waals surface area contributed by atoms with Crippen LogP contribution in [0.25, 0.3) is 10.9 Å². The molecule has 2 aliphatic rings. The molecule has 0 bridgehead atoms. The molecule has 1 spiro atoms. The Hall–Kier alpha value is -3.20. The van der Waals surface area contributed by atoms with Crippen LogP contribution in [0.4, 0.5) is 30.8 Å². The molecule has 9 heteroatoms. The van der Waals surface area contributed by atoms with E-state index >= 15 is 0 Å². The van der Waals surface area contributed by atoms with Gasteiger partial charge < -0.3 is 25.6 Å². The molecule has 1 saturated heterocycles. The number of aromatic amines is 1. The van der Waals surface area contributed by atoms with Crippen LogP contribution >= 0.6 is 0 Å². The fraction of sp³-hybridized carbons (Fsp3) is 0.333. The number of H-pyrrole nitrogens is 1. The van der Waals surface area contributed by atoms with Crippen LogP contribution in [0.2, 0.25) is 0 Å². The van der Waals surface area contributed by atoms with Crippen LogP contribution in [0.3, 0.4) is 0 Å². The molecule has 1 aromatic carbocycles. The number of hydrogen-bond acceptors (Lipinski definition) is 4. The number of aromatic nitrogens is 2. The number of benzene rings is 1. The average molecular weight is 413 g/mol. The number of carbonyl (C=O) groups excluding carboxylic acids is 1. The molecule has 3 aromatic rings. The van der Waals surface area contributed by atoms with Gasteiger partial charge in [-0.15, -0.1) is 0 Å². The Morgan fingerprint density at radius 3 is 2.67 bits per heavy atom. The molecule has 2 amide bonds. The second kappa shape index (κ2) is 6.66. The van der Waals surface area contributed by atoms with E-state index in [1.807, 2.05) is 13.0 Å². The summed E-state index contributed by atoms with van der Waals surface area (Å²) in [5.74, 6) is -1.06. The third kappa shape index (κ3) is 3.15. The molecule has 3 heterocycles. The summed E-state index contributed by atoms with van der Waals surface area (Å²) < 4.78 is 26.9. The van der Waals surface area contributed by atoms with Gasteiger partial charge in [0.05, 0.1) is 29.2 Å². The van der Waals surface area contributed by atoms with Crippen molar-refractivity contribution in [3.05, 3.63) is 47.8 Å². The Balaban J connectivity index is 1.24. The molecule has 0 radical (unpaired) electrons. The van der Waals surface area contributed by atoms with Crippen LogP contribution in [0.1, 0.15) is 18.4 Å². The van der Waals surface area contributed by atoms with Crippen molar-refractivity contribution >= 4 is 34.1 Å². The zero-order valence-electron chi connectivity index (χ0n) is 16.3. The summed E-state index contributed by atoms with van der Waals surface area (Å²) in [5.41, 5.74) is 2.44. The highest BCUT2D eigenvalue weighted by Crippen LogP contribution is 2.49. The van der Waals surface area contributed by atoms with Gasteiger partial charge in [0.15, 0.2) is 11.6 Å². The Kier molecular flexibility index (Phi) is 4.18. The predicted molar refractivity (Wildman–Crippen MR) is 110 cm³/mol. The van der Waals surface area contributed by atoms with Crippen LogP contribution in [0, 0.1) is 24.0 Å². The molecule has 30 heavy (non-hydrogen) atoms. The molecule has 2 aromatic heterocycles. The monoisotopic (exact) mass is 413 g/mol. The van der Waals surface area contributed by atoms with Gasteiger partial charge in [-0.25, -0.2) is 18.6 Å². The van der Waals surface area contributed by atoms with E-state index in [1.54, 1.807) is 6.20 Å². The van der Waals surface area contributed by atoms with Crippen molar-refractivity contribution in [1.82, 2.24) is 9.97 Å². The van der Waals surface area contributed by atoms with Crippen LogP contribution < -0.4 is 15.5 Å². The van der Waals surface area contributed by atoms with Crippen molar-refractivity contribution in [2.24, 2.45) is 5.41 Å². The molecule has 2 fully saturated rings. The van der Waals surface area contributed by atoms with E-state index in [0.717, 1.165) is 49.4 Å². The van der Waals surface area contributed by atoms with E-state index in [4.69, 9.17) is 0 Å². The van der Waals surface area contributed by atoms with Crippen molar-refractivity contribution in [3.8, 4) is 0 Å². The summed E-state index contributed by atoms with van der Waals surface area (Å²) in [5, 5.41) is 15.3. The van der Waals surface area contributed by atoms with Gasteiger partial charge >= 0.3 is 6.03 Å². The lowest BCUT2D eigenvalue weighted by Gasteiger charge is -2.58. The summed E-state index contributed by atoms with van der Waals surface area (Å²) in [7, 11) is 0. The zero-order chi connectivity index (χ0) is 21.0. The molecule has 1 aliphatic heterocycles. The van der Waals surface area contributed by atoms with Crippen molar-refractivity contribution in [2.45, 2.75) is 25.9 Å². The zero-order valence-corrected chi connectivity index (χ0v) is 16.3. The Bertz CT molecular complexity index is 1150. The SMILES string of the molecule is Cc1cc(NC(=O)Nc2c[nH]c3cc(F)c(F)cc23)cnc1N1CC2(CC(O)C2)C1. The number of fused-ring (bicyclic) bond motifs is 1. The lowest BCUT2D eigenvalue weighted by atomic mass is 9.62. The summed E-state index contributed by atoms with van der Waals surface area (Å²) in [6.45, 7) is 3.72. The summed E-state index contributed by atoms with van der Waals surface area (Å²) >= 11 is 0. The predicted octanol–water partition coefficient (Wildman–Crippen LogP) is 3.75. The van der Waals surface area contributed by atoms with E-state index in [-0.39, 0.29) is 11.5 Å². The first-order valence-electron chi connectivity index (χ1n) is 9.76. The van der Waals surface area contributed by atoms with Gasteiger partial charge in [0.1, 0.15) is 5.82 Å². The quantitative estimate of drug-likeness (QED) is 0.526. The molecule has 7 nitrogen and oxygen atoms in total. The standard InChI is InChI=1S/C21H21F2N5O2/c1-11-2-12(7-25-19(11)28-9-21(10-28)5-13(29)6-21)26-20(30)27-18-8-24-17-4-16(23)15(22)3-14(17)18/h2-4,7-8,13,24,29H,5-6,9-10H2,1H3,(H2,26,27,30). The summed E-state index contributed by atoms with van der Waals surface area (Å²) in [6.07, 6.45) is 4.61. The largest absolute Gasteiger partial charge is 0.393 e. The smallest absolute Gasteiger partial charge is 0.323 e. The van der Waals surface area contributed by atoms with E-state index in [1.165, 1.54) is 6.20 Å². The molecular formula is C21H21F2N5O2. The van der Waals surface area contributed by atoms with Crippen LogP contribution in [-0.2, 0) is 0 Å². The van der Waals surface area contributed by atoms with E-state index < -0.39 is 17.7 Å². The van der Waals surface area contributed by atoms with Crippen molar-refractivity contribution in [1.29, 1.82) is 0 Å². The number of nitrogens with one attached hydrogen (secondary N) is 3. The first-order chi connectivity index (χ1) is 14.3. The van der Waals surface area contributed by atoms with Gasteiger partial charge in [-0.1, -0.05) is 0 Å². The van der Waals surface area contributed by atoms with Crippen LogP contribution in [0.15, 0.2) is 30.6 Å². The highest BCUT2D eigenvalue weighted by atomic mass is 19.2. The first-order valence-corrected chi connectivity index (χ1v) is 9.76. The van der Waals surface area contributed by atoms with Crippen molar-refractivity contribution in [3.63, 3.8) is 0 Å². The van der Waals surface area contributed by atoms with Gasteiger partial charge in [0, 0.05) is 36.2 Å². The maximum Gasteiger partial charge on any atom is 0.323 e. The first kappa shape index (κ1) is 18.8. The topological polar surface area (TPSA) is 93.3 Å². The number of pyridine rings is 1. The molecule has 1 saturated carbocycles. The van der Waals surface area contributed by atoms with E-state index in [0.29, 0.717) is 22.3 Å². The third-order valence-electron chi connectivity index (χ3n) is 5.97. The van der Waals surface area contributed by atoms with Gasteiger partial charge in [-0.2, -0.15) is 0 Å². The highest BCUT2D eigenvalue weighted by Gasteiger charge is 2.52. The second-order valence-electron chi connectivity index (χ2n) is 8.38. The number of hydrogen-bond donors (Lipinski definition) is 4. The summed E-state index contributed by atoms with van der Waals surface area (Å²) in [6, 6.07) is 3.41. The van der Waals surface area contributed by atoms with Gasteiger partial charge in [-0.3, -0.25) is 0 Å². The lowest BCUT2D eigenvalue weighted by Crippen LogP contribution is -2.64. The van der Waals surface area contributed by atoms with Crippen LogP contribution in [-0.4, -0.2) is 40.3 Å². The summed E-state index contributed by atoms with van der Waals surface area (Å²) in [4.78, 5) is 21.8. The number of aliphatic hydroxyl groups is 1. The highest BCUT2D eigenvalue weighted by molar-refractivity contribution is 6.05. The maximum absolute atomic E-state index is 13.5. The van der Waals surface area contributed by atoms with Crippen LogP contribution in [0.5, 0.6) is 0 Å². The molecule has 4 N–H and O–H groups in total. The molecular weight excluding hydrogens is 392 g/mol. The minimum Gasteiger partial charge on any atom is -0.393 e. The number of aryl methyl sites for hydroxylation is 1. The Morgan fingerprint density at radius 2 is 1.97 bits per heavy atom. The van der Waals surface area contributed by atoms with E-state index in [2.05, 4.69) is 25.5 Å². The lowest BCUT2D eigenvalue weighted by molar-refractivity contribution is -0.0494. The Morgan fingerprint density at radius 1 is 1.23 bits per heavy atom. The number of aliphatic hydroxyl groups excluding tert-OH is 1. The number of anilines is 3. The number of amides is 2. The minimum absolute atomic E-state index is 0.168. The number of carbonyl (C=O) groups is 1.